The van der Waals surface area contributed by atoms with Gasteiger partial charge in [0.05, 0.1) is 10.6 Å². The van der Waals surface area contributed by atoms with Crippen molar-refractivity contribution in [2.75, 3.05) is 19.4 Å². The molecule has 0 aliphatic heterocycles. The number of anilines is 1. The first-order valence-corrected chi connectivity index (χ1v) is 10.7. The van der Waals surface area contributed by atoms with E-state index in [4.69, 9.17) is 16.3 Å². The Morgan fingerprint density at radius 3 is 2.31 bits per heavy atom. The number of hydrogen-bond acceptors (Lipinski definition) is 5. The second-order valence-corrected chi connectivity index (χ2v) is 9.05. The van der Waals surface area contributed by atoms with Gasteiger partial charge < -0.3 is 10.1 Å². The first-order chi connectivity index (χ1) is 13.6. The monoisotopic (exact) mass is 438 g/mol. The average Bonchev–Trinajstić information content (AvgIpc) is 2.68. The fraction of sp³-hybridized carbons (Fsp3) is 0.300. The molecule has 2 aromatic carbocycles. The molecule has 0 aliphatic rings. The molecule has 2 rings (SSSR count). The van der Waals surface area contributed by atoms with Gasteiger partial charge in [-0.05, 0) is 49.2 Å². The molecule has 2 aromatic rings. The third-order valence-corrected chi connectivity index (χ3v) is 6.50. The number of aryl methyl sites for hydroxylation is 1. The zero-order valence-electron chi connectivity index (χ0n) is 16.6. The number of sulfonamides is 1. The minimum atomic E-state index is -3.84. The number of nitrogens with one attached hydrogen (secondary N) is 1. The van der Waals surface area contributed by atoms with E-state index in [2.05, 4.69) is 5.32 Å². The number of hydrogen-bond donors (Lipinski definition) is 1. The second kappa shape index (κ2) is 9.39. The molecule has 9 heteroatoms. The summed E-state index contributed by atoms with van der Waals surface area (Å²) in [6, 6.07) is 11.1. The summed E-state index contributed by atoms with van der Waals surface area (Å²) in [5.74, 6) is -1.33. The first kappa shape index (κ1) is 22.9. The highest BCUT2D eigenvalue weighted by atomic mass is 35.5. The molecule has 0 heterocycles. The van der Waals surface area contributed by atoms with Gasteiger partial charge in [0.1, 0.15) is 4.90 Å². The molecule has 1 N–H and O–H groups in total. The van der Waals surface area contributed by atoms with Crippen molar-refractivity contribution in [2.24, 2.45) is 0 Å². The van der Waals surface area contributed by atoms with Gasteiger partial charge in [0, 0.05) is 19.8 Å². The van der Waals surface area contributed by atoms with E-state index in [0.29, 0.717) is 5.69 Å². The van der Waals surface area contributed by atoms with Gasteiger partial charge in [0.25, 0.3) is 5.91 Å². The van der Waals surface area contributed by atoms with Crippen LogP contribution in [0.4, 0.5) is 5.69 Å². The summed E-state index contributed by atoms with van der Waals surface area (Å²) in [6.45, 7) is 3.46. The molecule has 0 aliphatic carbocycles. The highest BCUT2D eigenvalue weighted by Gasteiger charge is 2.24. The van der Waals surface area contributed by atoms with Crippen molar-refractivity contribution >= 4 is 39.2 Å². The molecule has 0 fully saturated rings. The van der Waals surface area contributed by atoms with Crippen LogP contribution in [0.1, 0.15) is 29.8 Å². The van der Waals surface area contributed by atoms with Gasteiger partial charge in [-0.1, -0.05) is 30.7 Å². The minimum Gasteiger partial charge on any atom is -0.449 e. The first-order valence-electron chi connectivity index (χ1n) is 8.89. The molecular weight excluding hydrogens is 416 g/mol. The summed E-state index contributed by atoms with van der Waals surface area (Å²) in [4.78, 5) is 24.5. The van der Waals surface area contributed by atoms with Crippen LogP contribution in [0.3, 0.4) is 0 Å². The molecule has 29 heavy (non-hydrogen) atoms. The normalized spacial score (nSPS) is 12.5. The third kappa shape index (κ3) is 5.56. The Bertz CT molecular complexity index is 1000. The molecule has 1 atom stereocenters. The van der Waals surface area contributed by atoms with Crippen molar-refractivity contribution in [1.29, 1.82) is 0 Å². The average molecular weight is 439 g/mol. The highest BCUT2D eigenvalue weighted by Crippen LogP contribution is 2.25. The van der Waals surface area contributed by atoms with E-state index in [0.717, 1.165) is 22.4 Å². The lowest BCUT2D eigenvalue weighted by molar-refractivity contribution is -0.123. The molecule has 0 aromatic heterocycles. The number of carbonyl (C=O) groups is 2. The molecule has 156 valence electrons. The van der Waals surface area contributed by atoms with Crippen molar-refractivity contribution < 1.29 is 22.7 Å². The smallest absolute Gasteiger partial charge is 0.338 e. The number of carbonyl (C=O) groups excluding carboxylic acids is 2. The maximum absolute atomic E-state index is 12.4. The molecule has 0 saturated heterocycles. The lowest BCUT2D eigenvalue weighted by Crippen LogP contribution is -2.30. The van der Waals surface area contributed by atoms with E-state index < -0.39 is 28.0 Å². The van der Waals surface area contributed by atoms with Crippen molar-refractivity contribution in [3.63, 3.8) is 0 Å². The minimum absolute atomic E-state index is 0.0171. The SMILES string of the molecule is CCc1ccc(NC(=O)C(C)OC(=O)c2ccc(Cl)c(S(=O)(=O)N(C)C)c2)cc1. The van der Waals surface area contributed by atoms with Crippen molar-refractivity contribution in [2.45, 2.75) is 31.3 Å². The molecule has 1 amide bonds. The molecule has 0 saturated carbocycles. The number of amides is 1. The largest absolute Gasteiger partial charge is 0.449 e. The van der Waals surface area contributed by atoms with Gasteiger partial charge in [0.2, 0.25) is 10.0 Å². The summed E-state index contributed by atoms with van der Waals surface area (Å²) in [5, 5.41) is 2.65. The molecular formula is C20H23ClN2O5S. The van der Waals surface area contributed by atoms with Gasteiger partial charge in [-0.25, -0.2) is 17.5 Å². The Morgan fingerprint density at radius 1 is 1.14 bits per heavy atom. The van der Waals surface area contributed by atoms with E-state index >= 15 is 0 Å². The highest BCUT2D eigenvalue weighted by molar-refractivity contribution is 7.89. The van der Waals surface area contributed by atoms with Gasteiger partial charge >= 0.3 is 5.97 Å². The van der Waals surface area contributed by atoms with Crippen LogP contribution in [0, 0.1) is 0 Å². The quantitative estimate of drug-likeness (QED) is 0.669. The van der Waals surface area contributed by atoms with E-state index in [-0.39, 0.29) is 15.5 Å². The predicted octanol–water partition coefficient (Wildman–Crippen LogP) is 3.34. The molecule has 0 spiro atoms. The zero-order chi connectivity index (χ0) is 21.8. The number of esters is 1. The fourth-order valence-electron chi connectivity index (χ4n) is 2.37. The van der Waals surface area contributed by atoms with E-state index in [1.165, 1.54) is 33.2 Å². The zero-order valence-corrected chi connectivity index (χ0v) is 18.2. The van der Waals surface area contributed by atoms with Crippen LogP contribution in [-0.4, -0.2) is 44.8 Å². The maximum Gasteiger partial charge on any atom is 0.338 e. The Labute approximate surface area is 175 Å². The summed E-state index contributed by atoms with van der Waals surface area (Å²) < 4.78 is 30.8. The van der Waals surface area contributed by atoms with E-state index in [9.17, 15) is 18.0 Å². The third-order valence-electron chi connectivity index (χ3n) is 4.21. The molecule has 0 radical (unpaired) electrons. The molecule has 7 nitrogen and oxygen atoms in total. The van der Waals surface area contributed by atoms with Crippen LogP contribution >= 0.6 is 11.6 Å². The van der Waals surface area contributed by atoms with Crippen molar-refractivity contribution in [1.82, 2.24) is 4.31 Å². The standard InChI is InChI=1S/C20H23ClN2O5S/c1-5-14-6-9-16(10-7-14)22-19(24)13(2)28-20(25)15-8-11-17(21)18(12-15)29(26,27)23(3)4/h6-13H,5H2,1-4H3,(H,22,24). The van der Waals surface area contributed by atoms with Crippen LogP contribution in [0.2, 0.25) is 5.02 Å². The molecule has 1 unspecified atom stereocenters. The van der Waals surface area contributed by atoms with Crippen LogP contribution < -0.4 is 5.32 Å². The lowest BCUT2D eigenvalue weighted by Gasteiger charge is -2.16. The van der Waals surface area contributed by atoms with Crippen LogP contribution in [-0.2, 0) is 26.0 Å². The number of nitrogens with zero attached hydrogens (tertiary/aromatic N) is 1. The van der Waals surface area contributed by atoms with Gasteiger partial charge in [-0.2, -0.15) is 0 Å². The van der Waals surface area contributed by atoms with Crippen molar-refractivity contribution in [3.8, 4) is 0 Å². The van der Waals surface area contributed by atoms with Gasteiger partial charge in [-0.3, -0.25) is 4.79 Å². The second-order valence-electron chi connectivity index (χ2n) is 6.52. The summed E-state index contributed by atoms with van der Waals surface area (Å²) in [7, 11) is -1.13. The predicted molar refractivity (Wildman–Crippen MR) is 112 cm³/mol. The number of rotatable bonds is 7. The Kier molecular flexibility index (Phi) is 7.40. The number of benzene rings is 2. The Hall–Kier alpha value is -2.42. The van der Waals surface area contributed by atoms with Gasteiger partial charge in [0.15, 0.2) is 6.10 Å². The topological polar surface area (TPSA) is 92.8 Å². The Balaban J connectivity index is 2.11. The Morgan fingerprint density at radius 2 is 1.76 bits per heavy atom. The fourth-order valence-corrected chi connectivity index (χ4v) is 3.77. The van der Waals surface area contributed by atoms with Gasteiger partial charge in [-0.15, -0.1) is 0 Å². The molecule has 0 bridgehead atoms. The van der Waals surface area contributed by atoms with Crippen molar-refractivity contribution in [3.05, 3.63) is 58.6 Å². The van der Waals surface area contributed by atoms with Crippen LogP contribution in [0.25, 0.3) is 0 Å². The summed E-state index contributed by atoms with van der Waals surface area (Å²) >= 11 is 5.98. The summed E-state index contributed by atoms with van der Waals surface area (Å²) in [5.41, 5.74) is 1.69. The lowest BCUT2D eigenvalue weighted by atomic mass is 10.1. The van der Waals surface area contributed by atoms with Crippen LogP contribution in [0.15, 0.2) is 47.4 Å². The van der Waals surface area contributed by atoms with E-state index in [1.54, 1.807) is 12.1 Å². The number of ether oxygens (including phenoxy) is 1. The maximum atomic E-state index is 12.4. The van der Waals surface area contributed by atoms with E-state index in [1.807, 2.05) is 19.1 Å². The van der Waals surface area contributed by atoms with Crippen LogP contribution in [0.5, 0.6) is 0 Å². The summed E-state index contributed by atoms with van der Waals surface area (Å²) in [6.07, 6.45) is -0.201. The number of halogens is 1.